The first kappa shape index (κ1) is 23.6. The summed E-state index contributed by atoms with van der Waals surface area (Å²) in [6.07, 6.45) is 1.52. The molecule has 1 aromatic heterocycles. The van der Waals surface area contributed by atoms with Crippen molar-refractivity contribution >= 4 is 40.9 Å². The Morgan fingerprint density at radius 1 is 0.939 bits per heavy atom. The number of anilines is 2. The van der Waals surface area contributed by atoms with Crippen molar-refractivity contribution in [1.29, 1.82) is 0 Å². The fourth-order valence-electron chi connectivity index (χ4n) is 2.69. The standard InChI is InChI=1S/C23H21ClN4O5/c1-2-32-16-11-9-15(10-12-16)26-21-18(7-5-13-25-21)23(31)33-14-20(29)27-28-22(30)17-6-3-4-8-19(17)24/h3-13H,2,14H2,1H3,(H,25,26)(H,27,29)(H,28,30). The number of ether oxygens (including phenoxy) is 2. The van der Waals surface area contributed by atoms with Crippen molar-refractivity contribution in [3.63, 3.8) is 0 Å². The third-order valence-electron chi connectivity index (χ3n) is 4.22. The Bertz CT molecular complexity index is 1140. The fraction of sp³-hybridized carbons (Fsp3) is 0.130. The van der Waals surface area contributed by atoms with Gasteiger partial charge in [-0.25, -0.2) is 9.78 Å². The molecule has 2 aromatic carbocycles. The molecule has 0 fully saturated rings. The third kappa shape index (κ3) is 6.68. The normalized spacial score (nSPS) is 10.1. The molecule has 2 amide bonds. The molecular formula is C23H21ClN4O5. The number of hydrogen-bond acceptors (Lipinski definition) is 7. The van der Waals surface area contributed by atoms with Gasteiger partial charge in [0, 0.05) is 11.9 Å². The molecule has 0 saturated carbocycles. The van der Waals surface area contributed by atoms with Gasteiger partial charge in [0.05, 0.1) is 17.2 Å². The van der Waals surface area contributed by atoms with Crippen LogP contribution in [0, 0.1) is 0 Å². The molecular weight excluding hydrogens is 448 g/mol. The zero-order valence-corrected chi connectivity index (χ0v) is 18.4. The number of nitrogens with zero attached hydrogens (tertiary/aromatic N) is 1. The lowest BCUT2D eigenvalue weighted by molar-refractivity contribution is -0.125. The van der Waals surface area contributed by atoms with E-state index >= 15 is 0 Å². The number of carbonyl (C=O) groups excluding carboxylic acids is 3. The molecule has 0 atom stereocenters. The summed E-state index contributed by atoms with van der Waals surface area (Å²) in [6.45, 7) is 1.84. The van der Waals surface area contributed by atoms with Crippen LogP contribution in [0.5, 0.6) is 5.75 Å². The Morgan fingerprint density at radius 3 is 2.39 bits per heavy atom. The Labute approximate surface area is 195 Å². The molecule has 0 unspecified atom stereocenters. The molecule has 3 N–H and O–H groups in total. The van der Waals surface area contributed by atoms with E-state index in [-0.39, 0.29) is 22.0 Å². The predicted octanol–water partition coefficient (Wildman–Crippen LogP) is 3.50. The number of hydrazine groups is 1. The van der Waals surface area contributed by atoms with Crippen molar-refractivity contribution in [2.45, 2.75) is 6.92 Å². The molecule has 10 heteroatoms. The number of nitrogens with one attached hydrogen (secondary N) is 3. The number of benzene rings is 2. The Hall–Kier alpha value is -4.11. The van der Waals surface area contributed by atoms with Crippen molar-refractivity contribution in [3.8, 4) is 5.75 Å². The second-order valence-electron chi connectivity index (χ2n) is 6.54. The van der Waals surface area contributed by atoms with E-state index < -0.39 is 24.4 Å². The van der Waals surface area contributed by atoms with Crippen LogP contribution < -0.4 is 20.9 Å². The van der Waals surface area contributed by atoms with Crippen LogP contribution in [0.1, 0.15) is 27.6 Å². The van der Waals surface area contributed by atoms with Crippen LogP contribution in [0.2, 0.25) is 5.02 Å². The number of hydrogen-bond donors (Lipinski definition) is 3. The van der Waals surface area contributed by atoms with Gasteiger partial charge in [-0.1, -0.05) is 23.7 Å². The molecule has 0 aliphatic heterocycles. The molecule has 1 heterocycles. The van der Waals surface area contributed by atoms with Crippen molar-refractivity contribution in [3.05, 3.63) is 83.0 Å². The highest BCUT2D eigenvalue weighted by molar-refractivity contribution is 6.33. The predicted molar refractivity (Wildman–Crippen MR) is 122 cm³/mol. The van der Waals surface area contributed by atoms with Gasteiger partial charge in [0.15, 0.2) is 6.61 Å². The number of pyridine rings is 1. The van der Waals surface area contributed by atoms with E-state index in [1.165, 1.54) is 18.3 Å². The van der Waals surface area contributed by atoms with Gasteiger partial charge in [-0.2, -0.15) is 0 Å². The molecule has 3 aromatic rings. The number of esters is 1. The summed E-state index contributed by atoms with van der Waals surface area (Å²) in [5, 5.41) is 3.27. The number of rotatable bonds is 8. The minimum Gasteiger partial charge on any atom is -0.494 e. The lowest BCUT2D eigenvalue weighted by Gasteiger charge is -2.12. The summed E-state index contributed by atoms with van der Waals surface area (Å²) in [4.78, 5) is 40.7. The van der Waals surface area contributed by atoms with Crippen molar-refractivity contribution < 1.29 is 23.9 Å². The average molecular weight is 469 g/mol. The maximum absolute atomic E-state index is 12.5. The highest BCUT2D eigenvalue weighted by atomic mass is 35.5. The Morgan fingerprint density at radius 2 is 1.67 bits per heavy atom. The third-order valence-corrected chi connectivity index (χ3v) is 4.55. The summed E-state index contributed by atoms with van der Waals surface area (Å²) in [5.74, 6) is -1.11. The van der Waals surface area contributed by atoms with Crippen LogP contribution in [-0.2, 0) is 9.53 Å². The zero-order valence-electron chi connectivity index (χ0n) is 17.6. The molecule has 33 heavy (non-hydrogen) atoms. The van der Waals surface area contributed by atoms with E-state index in [1.54, 1.807) is 48.5 Å². The van der Waals surface area contributed by atoms with Crippen LogP contribution in [0.4, 0.5) is 11.5 Å². The number of amides is 2. The second-order valence-corrected chi connectivity index (χ2v) is 6.95. The number of aromatic nitrogens is 1. The molecule has 0 spiro atoms. The number of halogens is 1. The van der Waals surface area contributed by atoms with Gasteiger partial charge in [-0.15, -0.1) is 0 Å². The quantitative estimate of drug-likeness (QED) is 0.342. The molecule has 0 aliphatic carbocycles. The first-order valence-corrected chi connectivity index (χ1v) is 10.3. The second kappa shape index (κ2) is 11.5. The summed E-state index contributed by atoms with van der Waals surface area (Å²) in [6, 6.07) is 16.6. The van der Waals surface area contributed by atoms with Crippen LogP contribution in [0.3, 0.4) is 0 Å². The summed E-state index contributed by atoms with van der Waals surface area (Å²) >= 11 is 5.94. The Balaban J connectivity index is 1.54. The summed E-state index contributed by atoms with van der Waals surface area (Å²) < 4.78 is 10.5. The van der Waals surface area contributed by atoms with Gasteiger partial charge < -0.3 is 14.8 Å². The van der Waals surface area contributed by atoms with Crippen LogP contribution in [0.15, 0.2) is 66.9 Å². The summed E-state index contributed by atoms with van der Waals surface area (Å²) in [7, 11) is 0. The SMILES string of the molecule is CCOc1ccc(Nc2ncccc2C(=O)OCC(=O)NNC(=O)c2ccccc2Cl)cc1. The van der Waals surface area contributed by atoms with Crippen molar-refractivity contribution in [2.75, 3.05) is 18.5 Å². The van der Waals surface area contributed by atoms with Crippen LogP contribution in [-0.4, -0.2) is 36.0 Å². The topological polar surface area (TPSA) is 119 Å². The van der Waals surface area contributed by atoms with Gasteiger partial charge in [0.1, 0.15) is 17.1 Å². The highest BCUT2D eigenvalue weighted by Crippen LogP contribution is 2.22. The summed E-state index contributed by atoms with van der Waals surface area (Å²) in [5.41, 5.74) is 5.40. The largest absolute Gasteiger partial charge is 0.494 e. The number of carbonyl (C=O) groups is 3. The fourth-order valence-corrected chi connectivity index (χ4v) is 2.91. The maximum Gasteiger partial charge on any atom is 0.342 e. The molecule has 0 saturated heterocycles. The monoisotopic (exact) mass is 468 g/mol. The minimum absolute atomic E-state index is 0.138. The van der Waals surface area contributed by atoms with Gasteiger partial charge in [0.2, 0.25) is 0 Å². The van der Waals surface area contributed by atoms with Gasteiger partial charge in [-0.3, -0.25) is 20.4 Å². The van der Waals surface area contributed by atoms with E-state index in [4.69, 9.17) is 21.1 Å². The van der Waals surface area contributed by atoms with E-state index in [1.807, 2.05) is 6.92 Å². The molecule has 0 bridgehead atoms. The van der Waals surface area contributed by atoms with Crippen molar-refractivity contribution in [2.24, 2.45) is 0 Å². The van der Waals surface area contributed by atoms with E-state index in [0.717, 1.165) is 5.75 Å². The molecule has 170 valence electrons. The maximum atomic E-state index is 12.5. The van der Waals surface area contributed by atoms with Gasteiger partial charge in [0.25, 0.3) is 11.8 Å². The van der Waals surface area contributed by atoms with E-state index in [9.17, 15) is 14.4 Å². The molecule has 9 nitrogen and oxygen atoms in total. The smallest absolute Gasteiger partial charge is 0.342 e. The molecule has 0 radical (unpaired) electrons. The van der Waals surface area contributed by atoms with Gasteiger partial charge in [-0.05, 0) is 55.5 Å². The highest BCUT2D eigenvalue weighted by Gasteiger charge is 2.16. The first-order valence-electron chi connectivity index (χ1n) is 9.93. The van der Waals surface area contributed by atoms with Crippen molar-refractivity contribution in [1.82, 2.24) is 15.8 Å². The van der Waals surface area contributed by atoms with Crippen LogP contribution in [0.25, 0.3) is 0 Å². The lowest BCUT2D eigenvalue weighted by Crippen LogP contribution is -2.43. The molecule has 3 rings (SSSR count). The zero-order chi connectivity index (χ0) is 23.6. The molecule has 0 aliphatic rings. The van der Waals surface area contributed by atoms with Crippen LogP contribution >= 0.6 is 11.6 Å². The average Bonchev–Trinajstić information content (AvgIpc) is 2.83. The van der Waals surface area contributed by atoms with Gasteiger partial charge >= 0.3 is 5.97 Å². The first-order chi connectivity index (χ1) is 16.0. The minimum atomic E-state index is -0.760. The lowest BCUT2D eigenvalue weighted by atomic mass is 10.2. The van der Waals surface area contributed by atoms with E-state index in [0.29, 0.717) is 12.3 Å². The Kier molecular flexibility index (Phi) is 8.20. The van der Waals surface area contributed by atoms with E-state index in [2.05, 4.69) is 21.2 Å².